The Kier molecular flexibility index (Phi) is 15.1. The largest absolute Gasteiger partial charge is 0.385 e. The zero-order chi connectivity index (χ0) is 30.3. The molecule has 40 heavy (non-hydrogen) atoms. The molecule has 1 aliphatic heterocycles. The second-order valence-electron chi connectivity index (χ2n) is 9.29. The SMILES string of the molecule is C=CC.C=CCn1c(=O)c2cnc(NC3=CC=C(C4(O)CCN(C)CC4)CCC3)nc2n1C(C)=NC.CC.CC. The number of allylic oxidation sites excluding steroid dienone is 5. The van der Waals surface area contributed by atoms with E-state index >= 15 is 0 Å². The predicted molar refractivity (Wildman–Crippen MR) is 170 cm³/mol. The van der Waals surface area contributed by atoms with Gasteiger partial charge in [0.05, 0.1) is 12.1 Å². The summed E-state index contributed by atoms with van der Waals surface area (Å²) in [5.41, 5.74) is 1.71. The van der Waals surface area contributed by atoms with E-state index in [9.17, 15) is 9.90 Å². The Morgan fingerprint density at radius 3 is 2.38 bits per heavy atom. The van der Waals surface area contributed by atoms with E-state index in [1.54, 1.807) is 34.8 Å². The fourth-order valence-electron chi connectivity index (χ4n) is 4.58. The third-order valence-corrected chi connectivity index (χ3v) is 6.67. The number of aromatic nitrogens is 4. The molecule has 222 valence electrons. The van der Waals surface area contributed by atoms with Gasteiger partial charge in [0.25, 0.3) is 5.56 Å². The highest BCUT2D eigenvalue weighted by Gasteiger charge is 2.34. The highest BCUT2D eigenvalue weighted by atomic mass is 16.3. The summed E-state index contributed by atoms with van der Waals surface area (Å²) in [6, 6.07) is 0. The monoisotopic (exact) mass is 553 g/mol. The van der Waals surface area contributed by atoms with Gasteiger partial charge in [-0.3, -0.25) is 9.79 Å². The Hall–Kier alpha value is -3.30. The molecule has 0 aromatic carbocycles. The number of aliphatic hydroxyl groups is 1. The summed E-state index contributed by atoms with van der Waals surface area (Å²) in [4.78, 5) is 28.4. The van der Waals surface area contributed by atoms with Crippen LogP contribution in [0.1, 0.15) is 73.6 Å². The Morgan fingerprint density at radius 1 is 1.18 bits per heavy atom. The highest BCUT2D eigenvalue weighted by molar-refractivity contribution is 5.90. The average molecular weight is 554 g/mol. The van der Waals surface area contributed by atoms with Crippen molar-refractivity contribution in [2.45, 2.75) is 85.8 Å². The number of aliphatic imine (C=N–C) groups is 1. The molecule has 0 spiro atoms. The summed E-state index contributed by atoms with van der Waals surface area (Å²) in [5.74, 6) is 1.08. The van der Waals surface area contributed by atoms with Crippen molar-refractivity contribution < 1.29 is 5.11 Å². The zero-order valence-electron chi connectivity index (χ0n) is 26.0. The van der Waals surface area contributed by atoms with Crippen molar-refractivity contribution in [3.8, 4) is 0 Å². The van der Waals surface area contributed by atoms with Crippen molar-refractivity contribution in [3.05, 3.63) is 65.3 Å². The van der Waals surface area contributed by atoms with Crippen LogP contribution >= 0.6 is 0 Å². The lowest BCUT2D eigenvalue weighted by atomic mass is 9.82. The fraction of sp³-hybridized carbons (Fsp3) is 0.548. The van der Waals surface area contributed by atoms with Gasteiger partial charge in [-0.25, -0.2) is 14.3 Å². The van der Waals surface area contributed by atoms with Gasteiger partial charge in [-0.05, 0) is 64.6 Å². The van der Waals surface area contributed by atoms with Crippen molar-refractivity contribution in [2.75, 3.05) is 32.5 Å². The van der Waals surface area contributed by atoms with Crippen LogP contribution in [0.15, 0.2) is 64.7 Å². The third-order valence-electron chi connectivity index (χ3n) is 6.67. The van der Waals surface area contributed by atoms with E-state index in [4.69, 9.17) is 0 Å². The van der Waals surface area contributed by atoms with Gasteiger partial charge >= 0.3 is 0 Å². The fourth-order valence-corrected chi connectivity index (χ4v) is 4.58. The molecule has 4 rings (SSSR count). The van der Waals surface area contributed by atoms with Crippen LogP contribution in [-0.4, -0.2) is 68.0 Å². The Bertz CT molecular complexity index is 1240. The van der Waals surface area contributed by atoms with Crippen molar-refractivity contribution >= 4 is 22.8 Å². The van der Waals surface area contributed by atoms with Crippen LogP contribution in [0.2, 0.25) is 0 Å². The summed E-state index contributed by atoms with van der Waals surface area (Å²) in [6.07, 6.45) is 13.2. The van der Waals surface area contributed by atoms with Crippen LogP contribution in [0.5, 0.6) is 0 Å². The Morgan fingerprint density at radius 2 is 1.80 bits per heavy atom. The van der Waals surface area contributed by atoms with Crippen LogP contribution < -0.4 is 10.9 Å². The quantitative estimate of drug-likeness (QED) is 0.276. The first-order valence-corrected chi connectivity index (χ1v) is 14.5. The maximum absolute atomic E-state index is 12.8. The molecular weight excluding hydrogens is 502 g/mol. The number of nitrogens with one attached hydrogen (secondary N) is 1. The first kappa shape index (κ1) is 34.7. The molecule has 2 aromatic rings. The van der Waals surface area contributed by atoms with Gasteiger partial charge in [-0.2, -0.15) is 4.98 Å². The van der Waals surface area contributed by atoms with Crippen LogP contribution in [-0.2, 0) is 6.54 Å². The molecular formula is C31H51N7O2. The summed E-state index contributed by atoms with van der Waals surface area (Å²) in [5, 5.41) is 14.9. The van der Waals surface area contributed by atoms with E-state index in [0.29, 0.717) is 29.4 Å². The number of piperidine rings is 1. The summed E-state index contributed by atoms with van der Waals surface area (Å²) in [6.45, 7) is 21.0. The number of nitrogens with zero attached hydrogens (tertiary/aromatic N) is 6. The lowest BCUT2D eigenvalue weighted by Crippen LogP contribution is -2.44. The van der Waals surface area contributed by atoms with Crippen molar-refractivity contribution in [3.63, 3.8) is 0 Å². The molecule has 2 N–H and O–H groups in total. The van der Waals surface area contributed by atoms with Crippen LogP contribution in [0, 0.1) is 0 Å². The topological polar surface area (TPSA) is 101 Å². The molecule has 0 atom stereocenters. The smallest absolute Gasteiger partial charge is 0.278 e. The van der Waals surface area contributed by atoms with E-state index in [1.165, 1.54) is 0 Å². The van der Waals surface area contributed by atoms with E-state index in [1.807, 2.05) is 47.6 Å². The standard InChI is InChI=1S/C24H33N7O2.C3H6.2C2H6/c1-5-13-30-22(32)20-16-26-23(28-21(20)31(30)17(2)25-3)27-19-8-6-7-18(9-10-19)24(33)11-14-29(4)15-12-24;1-3-2;2*1-2/h5,9-10,16,33H,1,6-8,11-15H2,2-4H3,(H,26,27,28);3H,1H2,2H3;2*1-2H3. The number of hydrogen-bond acceptors (Lipinski definition) is 7. The summed E-state index contributed by atoms with van der Waals surface area (Å²) < 4.78 is 3.27. The molecule has 0 unspecified atom stereocenters. The zero-order valence-corrected chi connectivity index (χ0v) is 26.0. The summed E-state index contributed by atoms with van der Waals surface area (Å²) in [7, 11) is 3.78. The number of anilines is 1. The third kappa shape index (κ3) is 8.60. The first-order valence-electron chi connectivity index (χ1n) is 14.5. The van der Waals surface area contributed by atoms with Crippen LogP contribution in [0.25, 0.3) is 11.0 Å². The van der Waals surface area contributed by atoms with Gasteiger partial charge in [0.2, 0.25) is 5.95 Å². The first-order chi connectivity index (χ1) is 19.3. The van der Waals surface area contributed by atoms with E-state index in [2.05, 4.69) is 51.5 Å². The maximum Gasteiger partial charge on any atom is 0.278 e. The van der Waals surface area contributed by atoms with Crippen LogP contribution in [0.4, 0.5) is 5.95 Å². The van der Waals surface area contributed by atoms with Crippen molar-refractivity contribution in [1.29, 1.82) is 0 Å². The highest BCUT2D eigenvalue weighted by Crippen LogP contribution is 2.34. The molecule has 1 fully saturated rings. The van der Waals surface area contributed by atoms with Gasteiger partial charge < -0.3 is 15.3 Å². The van der Waals surface area contributed by atoms with Gasteiger partial charge in [-0.15, -0.1) is 13.2 Å². The molecule has 1 saturated heterocycles. The van der Waals surface area contributed by atoms with E-state index in [-0.39, 0.29) is 5.56 Å². The van der Waals surface area contributed by atoms with Crippen LogP contribution in [0.3, 0.4) is 0 Å². The molecule has 0 saturated carbocycles. The lowest BCUT2D eigenvalue weighted by molar-refractivity contribution is 0.0136. The van der Waals surface area contributed by atoms with Gasteiger partial charge in [-0.1, -0.05) is 45.9 Å². The Balaban J connectivity index is 0.00000105. The van der Waals surface area contributed by atoms with Gasteiger partial charge in [0.15, 0.2) is 5.65 Å². The second kappa shape index (κ2) is 17.4. The minimum Gasteiger partial charge on any atom is -0.385 e. The minimum absolute atomic E-state index is 0.174. The number of hydrogen-bond donors (Lipinski definition) is 2. The number of rotatable bonds is 5. The van der Waals surface area contributed by atoms with E-state index in [0.717, 1.165) is 56.5 Å². The maximum atomic E-state index is 12.8. The lowest BCUT2D eigenvalue weighted by Gasteiger charge is -2.38. The van der Waals surface area contributed by atoms with Gasteiger partial charge in [0, 0.05) is 32.0 Å². The average Bonchev–Trinajstić information content (AvgIpc) is 3.10. The molecule has 3 heterocycles. The Labute approximate surface area is 240 Å². The second-order valence-corrected chi connectivity index (χ2v) is 9.29. The van der Waals surface area contributed by atoms with E-state index < -0.39 is 5.60 Å². The van der Waals surface area contributed by atoms with Gasteiger partial charge in [0.1, 0.15) is 11.2 Å². The summed E-state index contributed by atoms with van der Waals surface area (Å²) >= 11 is 0. The van der Waals surface area contributed by atoms with Crippen molar-refractivity contribution in [1.82, 2.24) is 24.2 Å². The molecule has 0 bridgehead atoms. The molecule has 2 aliphatic rings. The molecule has 0 amide bonds. The molecule has 0 radical (unpaired) electrons. The molecule has 2 aromatic heterocycles. The molecule has 1 aliphatic carbocycles. The van der Waals surface area contributed by atoms with Crippen molar-refractivity contribution in [2.24, 2.45) is 4.99 Å². The molecule has 9 nitrogen and oxygen atoms in total. The molecule has 9 heteroatoms. The minimum atomic E-state index is -0.713. The predicted octanol–water partition coefficient (Wildman–Crippen LogP) is 5.78. The number of fused-ring (bicyclic) bond motifs is 1. The normalized spacial score (nSPS) is 16.9. The number of likely N-dealkylation sites (tertiary alicyclic amines) is 1.